The minimum Gasteiger partial charge on any atom is -0.0651 e. The van der Waals surface area contributed by atoms with Crippen molar-refractivity contribution >= 4 is 0 Å². The average molecular weight is 204 g/mol. The highest BCUT2D eigenvalue weighted by molar-refractivity contribution is 5.31. The average Bonchev–Trinajstić information content (AvgIpc) is 2.26. The van der Waals surface area contributed by atoms with Crippen LogP contribution >= 0.6 is 0 Å². The highest BCUT2D eigenvalue weighted by Gasteiger charge is 2.04. The highest BCUT2D eigenvalue weighted by Crippen LogP contribution is 2.17. The first-order chi connectivity index (χ1) is 7.17. The van der Waals surface area contributed by atoms with Crippen molar-refractivity contribution in [1.29, 1.82) is 0 Å². The summed E-state index contributed by atoms with van der Waals surface area (Å²) in [4.78, 5) is 0. The first-order valence-corrected chi connectivity index (χ1v) is 6.25. The van der Waals surface area contributed by atoms with E-state index in [2.05, 4.69) is 45.9 Å². The summed E-state index contributed by atoms with van der Waals surface area (Å²) in [6, 6.07) is 6.90. The summed E-state index contributed by atoms with van der Waals surface area (Å²) in [6.07, 6.45) is 5.04. The molecular formula is C15H24. The predicted molar refractivity (Wildman–Crippen MR) is 68.3 cm³/mol. The molecule has 0 heteroatoms. The minimum absolute atomic E-state index is 0.857. The van der Waals surface area contributed by atoms with Crippen LogP contribution in [0, 0.1) is 12.8 Å². The Balaban J connectivity index is 2.67. The van der Waals surface area contributed by atoms with E-state index >= 15 is 0 Å². The van der Waals surface area contributed by atoms with Gasteiger partial charge in [-0.25, -0.2) is 0 Å². The van der Waals surface area contributed by atoms with Crippen molar-refractivity contribution in [3.8, 4) is 0 Å². The van der Waals surface area contributed by atoms with Crippen LogP contribution in [-0.4, -0.2) is 0 Å². The Bertz CT molecular complexity index is 299. The molecule has 84 valence electrons. The van der Waals surface area contributed by atoms with Gasteiger partial charge in [0, 0.05) is 0 Å². The van der Waals surface area contributed by atoms with Gasteiger partial charge in [0.05, 0.1) is 0 Å². The topological polar surface area (TPSA) is 0 Å². The zero-order chi connectivity index (χ0) is 11.3. The summed E-state index contributed by atoms with van der Waals surface area (Å²) in [5, 5.41) is 0. The zero-order valence-corrected chi connectivity index (χ0v) is 10.6. The molecule has 0 aromatic heterocycles. The largest absolute Gasteiger partial charge is 0.0651 e. The third kappa shape index (κ3) is 3.70. The van der Waals surface area contributed by atoms with Crippen molar-refractivity contribution in [3.05, 3.63) is 34.9 Å². The maximum Gasteiger partial charge on any atom is -0.0274 e. The Hall–Kier alpha value is -0.780. The second kappa shape index (κ2) is 5.95. The molecule has 0 bridgehead atoms. The van der Waals surface area contributed by atoms with Crippen molar-refractivity contribution in [3.63, 3.8) is 0 Å². The van der Waals surface area contributed by atoms with Gasteiger partial charge in [-0.05, 0) is 43.2 Å². The molecule has 0 N–H and O–H groups in total. The van der Waals surface area contributed by atoms with Gasteiger partial charge < -0.3 is 0 Å². The van der Waals surface area contributed by atoms with Crippen molar-refractivity contribution in [1.82, 2.24) is 0 Å². The molecule has 1 atom stereocenters. The van der Waals surface area contributed by atoms with Crippen molar-refractivity contribution in [2.45, 2.75) is 53.4 Å². The molecule has 1 aromatic carbocycles. The fourth-order valence-electron chi connectivity index (χ4n) is 1.93. The molecule has 0 fully saturated rings. The number of benzene rings is 1. The van der Waals surface area contributed by atoms with E-state index < -0.39 is 0 Å². The summed E-state index contributed by atoms with van der Waals surface area (Å²) in [6.45, 7) is 9.06. The van der Waals surface area contributed by atoms with Crippen LogP contribution in [0.2, 0.25) is 0 Å². The van der Waals surface area contributed by atoms with E-state index in [-0.39, 0.29) is 0 Å². The summed E-state index contributed by atoms with van der Waals surface area (Å²) < 4.78 is 0. The summed E-state index contributed by atoms with van der Waals surface area (Å²) in [5.74, 6) is 0.857. The lowest BCUT2D eigenvalue weighted by atomic mass is 9.94. The van der Waals surface area contributed by atoms with Crippen molar-refractivity contribution < 1.29 is 0 Å². The second-order valence-electron chi connectivity index (χ2n) is 4.68. The molecule has 0 saturated heterocycles. The molecule has 0 spiro atoms. The van der Waals surface area contributed by atoms with Gasteiger partial charge in [0.25, 0.3) is 0 Å². The maximum absolute atomic E-state index is 2.35. The van der Waals surface area contributed by atoms with Crippen LogP contribution in [-0.2, 0) is 12.8 Å². The van der Waals surface area contributed by atoms with Gasteiger partial charge in [-0.2, -0.15) is 0 Å². The maximum atomic E-state index is 2.35. The molecule has 1 unspecified atom stereocenters. The molecule has 0 heterocycles. The molecule has 0 saturated carbocycles. The highest BCUT2D eigenvalue weighted by atomic mass is 14.1. The lowest BCUT2D eigenvalue weighted by molar-refractivity contribution is 0.515. The van der Waals surface area contributed by atoms with E-state index in [9.17, 15) is 0 Å². The molecular weight excluding hydrogens is 180 g/mol. The molecule has 0 amide bonds. The van der Waals surface area contributed by atoms with Gasteiger partial charge in [-0.3, -0.25) is 0 Å². The second-order valence-corrected chi connectivity index (χ2v) is 4.68. The predicted octanol–water partition coefficient (Wildman–Crippen LogP) is 4.54. The van der Waals surface area contributed by atoms with Crippen LogP contribution in [0.3, 0.4) is 0 Å². The van der Waals surface area contributed by atoms with Gasteiger partial charge in [0.1, 0.15) is 0 Å². The number of rotatable bonds is 5. The van der Waals surface area contributed by atoms with Gasteiger partial charge in [0.15, 0.2) is 0 Å². The molecule has 0 aliphatic carbocycles. The lowest BCUT2D eigenvalue weighted by Crippen LogP contribution is -1.99. The van der Waals surface area contributed by atoms with E-state index in [0.29, 0.717) is 0 Å². The normalized spacial score (nSPS) is 12.8. The van der Waals surface area contributed by atoms with Gasteiger partial charge in [-0.15, -0.1) is 0 Å². The summed E-state index contributed by atoms with van der Waals surface area (Å²) >= 11 is 0. The number of hydrogen-bond acceptors (Lipinski definition) is 0. The van der Waals surface area contributed by atoms with E-state index in [1.165, 1.54) is 24.8 Å². The van der Waals surface area contributed by atoms with Crippen molar-refractivity contribution in [2.75, 3.05) is 0 Å². The SMILES string of the molecule is CCc1cc(C)ccc1CCC(C)CC. The first-order valence-electron chi connectivity index (χ1n) is 6.25. The third-order valence-corrected chi connectivity index (χ3v) is 3.35. The Morgan fingerprint density at radius 3 is 2.47 bits per heavy atom. The van der Waals surface area contributed by atoms with Crippen LogP contribution < -0.4 is 0 Å². The Labute approximate surface area is 94.7 Å². The number of aryl methyl sites for hydroxylation is 3. The Morgan fingerprint density at radius 1 is 1.13 bits per heavy atom. The molecule has 1 rings (SSSR count). The summed E-state index contributed by atoms with van der Waals surface area (Å²) in [5.41, 5.74) is 4.49. The molecule has 1 aromatic rings. The van der Waals surface area contributed by atoms with Crippen LogP contribution in [0.25, 0.3) is 0 Å². The standard InChI is InChI=1S/C15H24/c1-5-12(3)7-9-15-10-8-13(4)11-14(15)6-2/h8,10-12H,5-7,9H2,1-4H3. The van der Waals surface area contributed by atoms with Gasteiger partial charge >= 0.3 is 0 Å². The van der Waals surface area contributed by atoms with E-state index in [4.69, 9.17) is 0 Å². The zero-order valence-electron chi connectivity index (χ0n) is 10.6. The fraction of sp³-hybridized carbons (Fsp3) is 0.600. The van der Waals surface area contributed by atoms with E-state index in [1.54, 1.807) is 11.1 Å². The third-order valence-electron chi connectivity index (χ3n) is 3.35. The quantitative estimate of drug-likeness (QED) is 0.660. The molecule has 0 aliphatic heterocycles. The first kappa shape index (κ1) is 12.3. The monoisotopic (exact) mass is 204 g/mol. The molecule has 15 heavy (non-hydrogen) atoms. The smallest absolute Gasteiger partial charge is 0.0274 e. The van der Waals surface area contributed by atoms with Crippen LogP contribution in [0.15, 0.2) is 18.2 Å². The minimum atomic E-state index is 0.857. The van der Waals surface area contributed by atoms with E-state index in [0.717, 1.165) is 12.3 Å². The lowest BCUT2D eigenvalue weighted by Gasteiger charge is -2.12. The number of hydrogen-bond donors (Lipinski definition) is 0. The molecule has 0 aliphatic rings. The Kier molecular flexibility index (Phi) is 4.87. The van der Waals surface area contributed by atoms with Crippen LogP contribution in [0.4, 0.5) is 0 Å². The van der Waals surface area contributed by atoms with Crippen molar-refractivity contribution in [2.24, 2.45) is 5.92 Å². The Morgan fingerprint density at radius 2 is 1.87 bits per heavy atom. The summed E-state index contributed by atoms with van der Waals surface area (Å²) in [7, 11) is 0. The van der Waals surface area contributed by atoms with Crippen LogP contribution in [0.5, 0.6) is 0 Å². The van der Waals surface area contributed by atoms with Crippen LogP contribution in [0.1, 0.15) is 50.3 Å². The molecule has 0 nitrogen and oxygen atoms in total. The van der Waals surface area contributed by atoms with Gasteiger partial charge in [0.2, 0.25) is 0 Å². The van der Waals surface area contributed by atoms with Gasteiger partial charge in [-0.1, -0.05) is 51.0 Å². The van der Waals surface area contributed by atoms with E-state index in [1.807, 2.05) is 0 Å². The molecule has 0 radical (unpaired) electrons. The fourth-order valence-corrected chi connectivity index (χ4v) is 1.93.